The van der Waals surface area contributed by atoms with Crippen LogP contribution in [-0.2, 0) is 13.1 Å². The van der Waals surface area contributed by atoms with Gasteiger partial charge in [-0.05, 0) is 43.9 Å². The first-order valence-electron chi connectivity index (χ1n) is 10.8. The molecule has 1 atom stereocenters. The van der Waals surface area contributed by atoms with E-state index in [9.17, 15) is 22.8 Å². The molecule has 7 nitrogen and oxygen atoms in total. The topological polar surface area (TPSA) is 93.2 Å². The fourth-order valence-corrected chi connectivity index (χ4v) is 5.26. The largest absolute Gasteiger partial charge is 0.365 e. The molecule has 33 heavy (non-hydrogen) atoms. The van der Waals surface area contributed by atoms with Crippen LogP contribution in [0.25, 0.3) is 11.3 Å². The minimum Gasteiger partial charge on any atom is -0.365 e. The fourth-order valence-electron chi connectivity index (χ4n) is 5.08. The average Bonchev–Trinajstić information content (AvgIpc) is 3.47. The number of primary amides is 1. The van der Waals surface area contributed by atoms with Gasteiger partial charge in [0.15, 0.2) is 0 Å². The molecule has 1 aromatic carbocycles. The van der Waals surface area contributed by atoms with E-state index in [-0.39, 0.29) is 34.8 Å². The summed E-state index contributed by atoms with van der Waals surface area (Å²) in [6.45, 7) is 2.00. The maximum Gasteiger partial charge on any atom is 0.318 e. The van der Waals surface area contributed by atoms with E-state index in [0.29, 0.717) is 17.8 Å². The van der Waals surface area contributed by atoms with Gasteiger partial charge < -0.3 is 16.0 Å². The number of urea groups is 1. The first-order chi connectivity index (χ1) is 15.5. The summed E-state index contributed by atoms with van der Waals surface area (Å²) in [5, 5.41) is 7.22. The number of nitrogens with two attached hydrogens (primary N) is 1. The van der Waals surface area contributed by atoms with Gasteiger partial charge in [0.2, 0.25) is 0 Å². The van der Waals surface area contributed by atoms with E-state index in [1.165, 1.54) is 18.2 Å². The van der Waals surface area contributed by atoms with Crippen molar-refractivity contribution in [2.75, 3.05) is 0 Å². The summed E-state index contributed by atoms with van der Waals surface area (Å²) in [6, 6.07) is 3.38. The van der Waals surface area contributed by atoms with E-state index in [4.69, 9.17) is 17.3 Å². The van der Waals surface area contributed by atoms with Gasteiger partial charge in [-0.25, -0.2) is 18.0 Å². The van der Waals surface area contributed by atoms with Crippen molar-refractivity contribution in [3.05, 3.63) is 40.3 Å². The second-order valence-electron chi connectivity index (χ2n) is 9.58. The Labute approximate surface area is 193 Å². The van der Waals surface area contributed by atoms with E-state index < -0.39 is 42.1 Å². The maximum atomic E-state index is 13.7. The minimum absolute atomic E-state index is 0.0552. The van der Waals surface area contributed by atoms with Crippen molar-refractivity contribution in [1.82, 2.24) is 20.0 Å². The van der Waals surface area contributed by atoms with Crippen LogP contribution in [0.2, 0.25) is 5.02 Å². The van der Waals surface area contributed by atoms with Crippen molar-refractivity contribution in [2.45, 2.75) is 63.2 Å². The van der Waals surface area contributed by atoms with Crippen LogP contribution in [0.4, 0.5) is 18.0 Å². The van der Waals surface area contributed by atoms with Crippen LogP contribution < -0.4 is 11.1 Å². The molecule has 2 aromatic rings. The number of hydrogen-bond acceptors (Lipinski definition) is 3. The average molecular weight is 482 g/mol. The molecule has 176 valence electrons. The number of hydrogen-bond donors (Lipinski definition) is 2. The predicted octanol–water partition coefficient (Wildman–Crippen LogP) is 3.93. The Kier molecular flexibility index (Phi) is 4.93. The number of halogens is 4. The van der Waals surface area contributed by atoms with Crippen LogP contribution >= 0.6 is 11.6 Å². The second kappa shape index (κ2) is 7.38. The zero-order valence-corrected chi connectivity index (χ0v) is 18.6. The Balaban J connectivity index is 1.49. The lowest BCUT2D eigenvalue weighted by molar-refractivity contribution is -0.125. The van der Waals surface area contributed by atoms with Gasteiger partial charge in [0, 0.05) is 18.4 Å². The summed E-state index contributed by atoms with van der Waals surface area (Å²) >= 11 is 5.92. The monoisotopic (exact) mass is 481 g/mol. The summed E-state index contributed by atoms with van der Waals surface area (Å²) in [7, 11) is 0. The Morgan fingerprint density at radius 1 is 1.27 bits per heavy atom. The van der Waals surface area contributed by atoms with Crippen LogP contribution in [0.1, 0.15) is 48.7 Å². The number of aromatic nitrogens is 2. The molecule has 2 fully saturated rings. The number of carbonyl (C=O) groups excluding carboxylic acids is 2. The molecule has 5 rings (SSSR count). The predicted molar refractivity (Wildman–Crippen MR) is 114 cm³/mol. The van der Waals surface area contributed by atoms with Crippen molar-refractivity contribution >= 4 is 23.5 Å². The quantitative estimate of drug-likeness (QED) is 0.692. The Hall–Kier alpha value is -2.75. The lowest BCUT2D eigenvalue weighted by Crippen LogP contribution is -2.64. The normalized spacial score (nSPS) is 22.9. The molecule has 1 aliphatic heterocycles. The van der Waals surface area contributed by atoms with Crippen LogP contribution in [0.3, 0.4) is 0 Å². The third-order valence-corrected chi connectivity index (χ3v) is 7.00. The summed E-state index contributed by atoms with van der Waals surface area (Å²) < 4.78 is 42.2. The summed E-state index contributed by atoms with van der Waals surface area (Å²) in [5.74, 6) is -3.84. The van der Waals surface area contributed by atoms with E-state index in [0.717, 1.165) is 12.8 Å². The highest BCUT2D eigenvalue weighted by Crippen LogP contribution is 2.46. The molecular formula is C22H23ClF3N5O2. The molecule has 2 saturated carbocycles. The van der Waals surface area contributed by atoms with Gasteiger partial charge in [-0.1, -0.05) is 11.6 Å². The maximum absolute atomic E-state index is 13.7. The highest BCUT2D eigenvalue weighted by atomic mass is 35.5. The summed E-state index contributed by atoms with van der Waals surface area (Å²) in [5.41, 5.74) is 5.98. The molecule has 3 aliphatic rings. The van der Waals surface area contributed by atoms with Crippen molar-refractivity contribution < 1.29 is 22.8 Å². The van der Waals surface area contributed by atoms with Crippen LogP contribution in [-0.4, -0.2) is 44.1 Å². The number of rotatable bonds is 4. The third-order valence-electron chi connectivity index (χ3n) is 6.71. The Bertz CT molecular complexity index is 1160. The number of benzene rings is 1. The lowest BCUT2D eigenvalue weighted by atomic mass is 9.75. The van der Waals surface area contributed by atoms with Gasteiger partial charge in [0.1, 0.15) is 11.5 Å². The van der Waals surface area contributed by atoms with Gasteiger partial charge in [-0.3, -0.25) is 9.48 Å². The zero-order valence-electron chi connectivity index (χ0n) is 17.9. The number of carbonyl (C=O) groups is 2. The van der Waals surface area contributed by atoms with Gasteiger partial charge in [-0.15, -0.1) is 0 Å². The molecule has 11 heteroatoms. The molecule has 2 aliphatic carbocycles. The summed E-state index contributed by atoms with van der Waals surface area (Å²) in [4.78, 5) is 27.2. The molecule has 3 N–H and O–H groups in total. The number of nitrogens with one attached hydrogen (secondary N) is 1. The van der Waals surface area contributed by atoms with E-state index >= 15 is 0 Å². The van der Waals surface area contributed by atoms with Gasteiger partial charge in [-0.2, -0.15) is 5.10 Å². The molecule has 3 amide bonds. The lowest BCUT2D eigenvalue weighted by Gasteiger charge is -2.47. The minimum atomic E-state index is -2.77. The molecule has 2 heterocycles. The Morgan fingerprint density at radius 2 is 1.97 bits per heavy atom. The number of nitrogens with zero attached hydrogens (tertiary/aromatic N) is 3. The van der Waals surface area contributed by atoms with E-state index in [1.54, 1.807) is 16.5 Å². The third kappa shape index (κ3) is 3.94. The number of amides is 3. The number of fused-ring (bicyclic) bond motifs is 1. The van der Waals surface area contributed by atoms with Crippen LogP contribution in [0, 0.1) is 11.7 Å². The van der Waals surface area contributed by atoms with Gasteiger partial charge >= 0.3 is 6.03 Å². The van der Waals surface area contributed by atoms with Crippen molar-refractivity contribution in [3.63, 3.8) is 0 Å². The standard InChI is InChI=1S/C22H23ClF3N5O2/c1-21(9-22(25,26)10-21)28-20(33)30-7-16-17(19(27)32)18(12-4-5-14(24)13(23)6-12)29-31(16)8-15(30)11-2-3-11/h4-6,11,15H,2-3,7-10H2,1H3,(H2,27,32)(H,28,33). The first kappa shape index (κ1) is 22.1. The highest BCUT2D eigenvalue weighted by Gasteiger charge is 2.55. The zero-order chi connectivity index (χ0) is 23.7. The molecular weight excluding hydrogens is 459 g/mol. The highest BCUT2D eigenvalue weighted by molar-refractivity contribution is 6.31. The molecule has 0 saturated heterocycles. The van der Waals surface area contributed by atoms with Gasteiger partial charge in [0.25, 0.3) is 11.8 Å². The molecule has 0 spiro atoms. The second-order valence-corrected chi connectivity index (χ2v) is 9.99. The van der Waals surface area contributed by atoms with Crippen molar-refractivity contribution in [1.29, 1.82) is 0 Å². The SMILES string of the molecule is CC1(NC(=O)N2Cc3c(C(N)=O)c(-c4ccc(F)c(Cl)c4)nn3CC2C2CC2)CC(F)(F)C1. The Morgan fingerprint density at radius 3 is 2.55 bits per heavy atom. The van der Waals surface area contributed by atoms with Crippen molar-refractivity contribution in [3.8, 4) is 11.3 Å². The van der Waals surface area contributed by atoms with Crippen molar-refractivity contribution in [2.24, 2.45) is 11.7 Å². The summed E-state index contributed by atoms with van der Waals surface area (Å²) in [6.07, 6.45) is 1.08. The van der Waals surface area contributed by atoms with Gasteiger partial charge in [0.05, 0.1) is 41.0 Å². The fraction of sp³-hybridized carbons (Fsp3) is 0.500. The molecule has 1 unspecified atom stereocenters. The van der Waals surface area contributed by atoms with E-state index in [1.807, 2.05) is 0 Å². The van der Waals surface area contributed by atoms with Crippen LogP contribution in [0.15, 0.2) is 18.2 Å². The molecule has 0 radical (unpaired) electrons. The molecule has 0 bridgehead atoms. The first-order valence-corrected chi connectivity index (χ1v) is 11.2. The number of alkyl halides is 2. The van der Waals surface area contributed by atoms with E-state index in [2.05, 4.69) is 10.4 Å². The molecule has 1 aromatic heterocycles. The van der Waals surface area contributed by atoms with Crippen LogP contribution in [0.5, 0.6) is 0 Å². The smallest absolute Gasteiger partial charge is 0.318 e.